The number of rotatable bonds is 4. The molecule has 0 saturated heterocycles. The van der Waals surface area contributed by atoms with Gasteiger partial charge in [-0.15, -0.1) is 0 Å². The van der Waals surface area contributed by atoms with Crippen LogP contribution in [0.2, 0.25) is 0 Å². The van der Waals surface area contributed by atoms with Crippen LogP contribution in [0, 0.1) is 11.2 Å². The van der Waals surface area contributed by atoms with Gasteiger partial charge in [-0.3, -0.25) is 4.79 Å². The predicted octanol–water partition coefficient (Wildman–Crippen LogP) is 3.73. The van der Waals surface area contributed by atoms with Gasteiger partial charge in [0.05, 0.1) is 16.7 Å². The second-order valence-corrected chi connectivity index (χ2v) is 6.65. The molecule has 3 saturated carbocycles. The molecule has 0 atom stereocenters. The van der Waals surface area contributed by atoms with Crippen molar-refractivity contribution in [2.45, 2.75) is 31.0 Å². The van der Waals surface area contributed by atoms with Crippen molar-refractivity contribution in [1.82, 2.24) is 5.32 Å². The van der Waals surface area contributed by atoms with Crippen LogP contribution in [0.15, 0.2) is 18.2 Å². The fourth-order valence-corrected chi connectivity index (χ4v) is 3.83. The Bertz CT molecular complexity index is 612. The van der Waals surface area contributed by atoms with Crippen LogP contribution >= 0.6 is 11.9 Å². The average Bonchev–Trinajstić information content (AvgIpc) is 2.32. The van der Waals surface area contributed by atoms with Crippen molar-refractivity contribution in [3.8, 4) is 0 Å². The standard InChI is InChI=1S/C14H14F4N2OS/c1-22-20-10-3-2-8(15)4-9(10)11(21)19-13-5-12(6-13,7-13)14(16,17)18/h2-4,20H,5-7H2,1H3,(H,19,21). The minimum Gasteiger partial charge on any atom is -0.346 e. The SMILES string of the molecule is CSNc1ccc(F)cc1C(=O)NC12CC(C(F)(F)F)(C1)C2. The van der Waals surface area contributed by atoms with Crippen molar-refractivity contribution in [3.05, 3.63) is 29.6 Å². The van der Waals surface area contributed by atoms with Gasteiger partial charge in [0.25, 0.3) is 5.91 Å². The van der Waals surface area contributed by atoms with Crippen molar-refractivity contribution in [3.63, 3.8) is 0 Å². The highest BCUT2D eigenvalue weighted by Gasteiger charge is 2.79. The molecule has 1 amide bonds. The Kier molecular flexibility index (Phi) is 3.36. The van der Waals surface area contributed by atoms with E-state index in [2.05, 4.69) is 10.0 Å². The molecule has 0 radical (unpaired) electrons. The third-order valence-corrected chi connectivity index (χ3v) is 4.87. The largest absolute Gasteiger partial charge is 0.394 e. The topological polar surface area (TPSA) is 41.1 Å². The Labute approximate surface area is 129 Å². The number of hydrogen-bond acceptors (Lipinski definition) is 3. The highest BCUT2D eigenvalue weighted by atomic mass is 32.2. The van der Waals surface area contributed by atoms with Gasteiger partial charge in [0, 0.05) is 11.8 Å². The lowest BCUT2D eigenvalue weighted by Gasteiger charge is -2.70. The zero-order valence-electron chi connectivity index (χ0n) is 11.7. The summed E-state index contributed by atoms with van der Waals surface area (Å²) in [6.45, 7) is 0. The molecule has 3 fully saturated rings. The lowest BCUT2D eigenvalue weighted by atomic mass is 9.39. The van der Waals surface area contributed by atoms with Gasteiger partial charge in [0.2, 0.25) is 0 Å². The summed E-state index contributed by atoms with van der Waals surface area (Å²) in [7, 11) is 0. The van der Waals surface area contributed by atoms with Crippen molar-refractivity contribution in [2.24, 2.45) is 5.41 Å². The predicted molar refractivity (Wildman–Crippen MR) is 76.1 cm³/mol. The van der Waals surface area contributed by atoms with Crippen LogP contribution in [-0.2, 0) is 0 Å². The molecule has 0 spiro atoms. The number of alkyl halides is 3. The Morgan fingerprint density at radius 2 is 1.91 bits per heavy atom. The molecular weight excluding hydrogens is 320 g/mol. The van der Waals surface area contributed by atoms with E-state index in [0.717, 1.165) is 6.07 Å². The van der Waals surface area contributed by atoms with Gasteiger partial charge in [-0.1, -0.05) is 11.9 Å². The summed E-state index contributed by atoms with van der Waals surface area (Å²) in [5, 5.41) is 2.64. The first-order valence-electron chi connectivity index (χ1n) is 6.68. The van der Waals surface area contributed by atoms with Crippen LogP contribution in [0.1, 0.15) is 29.6 Å². The first-order chi connectivity index (χ1) is 10.2. The van der Waals surface area contributed by atoms with Gasteiger partial charge >= 0.3 is 6.18 Å². The zero-order valence-corrected chi connectivity index (χ0v) is 12.5. The number of amides is 1. The third kappa shape index (κ3) is 2.24. The zero-order chi connectivity index (χ0) is 16.2. The van der Waals surface area contributed by atoms with Gasteiger partial charge in [-0.2, -0.15) is 13.2 Å². The number of halogens is 4. The Hall–Kier alpha value is -1.44. The van der Waals surface area contributed by atoms with Gasteiger partial charge in [0.15, 0.2) is 0 Å². The monoisotopic (exact) mass is 334 g/mol. The lowest BCUT2D eigenvalue weighted by Crippen LogP contribution is -2.78. The van der Waals surface area contributed by atoms with Crippen molar-refractivity contribution >= 4 is 23.5 Å². The van der Waals surface area contributed by atoms with E-state index in [1.54, 1.807) is 6.26 Å². The molecular formula is C14H14F4N2OS. The summed E-state index contributed by atoms with van der Waals surface area (Å²) in [5.74, 6) is -1.12. The summed E-state index contributed by atoms with van der Waals surface area (Å²) in [5.41, 5.74) is -1.87. The highest BCUT2D eigenvalue weighted by molar-refractivity contribution is 7.99. The molecule has 4 rings (SSSR count). The van der Waals surface area contributed by atoms with E-state index in [-0.39, 0.29) is 24.8 Å². The first kappa shape index (κ1) is 15.5. The fourth-order valence-electron chi connectivity index (χ4n) is 3.43. The molecule has 8 heteroatoms. The molecule has 120 valence electrons. The number of nitrogens with one attached hydrogen (secondary N) is 2. The van der Waals surface area contributed by atoms with Gasteiger partial charge in [-0.05, 0) is 37.5 Å². The highest BCUT2D eigenvalue weighted by Crippen LogP contribution is 2.73. The summed E-state index contributed by atoms with van der Waals surface area (Å²) in [6, 6.07) is 3.73. The maximum atomic E-state index is 13.3. The van der Waals surface area contributed by atoms with E-state index in [1.165, 1.54) is 24.1 Å². The van der Waals surface area contributed by atoms with E-state index in [1.807, 2.05) is 0 Å². The summed E-state index contributed by atoms with van der Waals surface area (Å²) in [6.07, 6.45) is -2.73. The van der Waals surface area contributed by atoms with Crippen LogP contribution < -0.4 is 10.0 Å². The van der Waals surface area contributed by atoms with Crippen LogP contribution in [0.25, 0.3) is 0 Å². The Balaban J connectivity index is 1.71. The number of carbonyl (C=O) groups excluding carboxylic acids is 1. The van der Waals surface area contributed by atoms with E-state index in [9.17, 15) is 22.4 Å². The van der Waals surface area contributed by atoms with Gasteiger partial charge in [0.1, 0.15) is 5.82 Å². The molecule has 0 aromatic heterocycles. The molecule has 0 aliphatic heterocycles. The third-order valence-electron chi connectivity index (χ3n) is 4.45. The molecule has 0 heterocycles. The summed E-state index contributed by atoms with van der Waals surface area (Å²) < 4.78 is 54.6. The average molecular weight is 334 g/mol. The number of hydrogen-bond donors (Lipinski definition) is 2. The van der Waals surface area contributed by atoms with Crippen molar-refractivity contribution in [1.29, 1.82) is 0 Å². The first-order valence-corrected chi connectivity index (χ1v) is 7.91. The normalized spacial score (nSPS) is 29.3. The number of benzene rings is 1. The van der Waals surface area contributed by atoms with Crippen molar-refractivity contribution in [2.75, 3.05) is 11.0 Å². The lowest BCUT2D eigenvalue weighted by molar-refractivity contribution is -0.336. The molecule has 3 aliphatic rings. The van der Waals surface area contributed by atoms with E-state index in [4.69, 9.17) is 0 Å². The molecule has 22 heavy (non-hydrogen) atoms. The maximum Gasteiger partial charge on any atom is 0.394 e. The van der Waals surface area contributed by atoms with E-state index < -0.39 is 28.9 Å². The smallest absolute Gasteiger partial charge is 0.346 e. The van der Waals surface area contributed by atoms with Crippen LogP contribution in [-0.4, -0.2) is 23.9 Å². The Morgan fingerprint density at radius 1 is 1.27 bits per heavy atom. The molecule has 2 bridgehead atoms. The molecule has 2 N–H and O–H groups in total. The fraction of sp³-hybridized carbons (Fsp3) is 0.500. The minimum absolute atomic E-state index is 0.0875. The van der Waals surface area contributed by atoms with Crippen LogP contribution in [0.4, 0.5) is 23.2 Å². The molecule has 3 aliphatic carbocycles. The van der Waals surface area contributed by atoms with Crippen LogP contribution in [0.5, 0.6) is 0 Å². The molecule has 0 unspecified atom stereocenters. The van der Waals surface area contributed by atoms with E-state index in [0.29, 0.717) is 5.69 Å². The maximum absolute atomic E-state index is 13.3. The second kappa shape index (κ2) is 4.78. The van der Waals surface area contributed by atoms with E-state index >= 15 is 0 Å². The summed E-state index contributed by atoms with van der Waals surface area (Å²) in [4.78, 5) is 12.3. The second-order valence-electron chi connectivity index (χ2n) is 6.04. The van der Waals surface area contributed by atoms with Crippen molar-refractivity contribution < 1.29 is 22.4 Å². The van der Waals surface area contributed by atoms with Gasteiger partial charge < -0.3 is 10.0 Å². The molecule has 1 aromatic carbocycles. The van der Waals surface area contributed by atoms with Gasteiger partial charge in [-0.25, -0.2) is 4.39 Å². The summed E-state index contributed by atoms with van der Waals surface area (Å²) >= 11 is 1.24. The number of carbonyl (C=O) groups is 1. The number of anilines is 1. The molecule has 3 nitrogen and oxygen atoms in total. The quantitative estimate of drug-likeness (QED) is 0.651. The molecule has 1 aromatic rings. The van der Waals surface area contributed by atoms with Crippen LogP contribution in [0.3, 0.4) is 0 Å². The minimum atomic E-state index is -4.22. The Morgan fingerprint density at radius 3 is 2.45 bits per heavy atom.